The highest BCUT2D eigenvalue weighted by atomic mass is 32.2. The van der Waals surface area contributed by atoms with Crippen molar-refractivity contribution >= 4 is 9.84 Å². The molecule has 0 amide bonds. The molecule has 1 fully saturated rings. The van der Waals surface area contributed by atoms with E-state index in [1.54, 1.807) is 0 Å². The van der Waals surface area contributed by atoms with Crippen molar-refractivity contribution in [1.29, 1.82) is 0 Å². The normalized spacial score (nSPS) is 28.2. The third-order valence-corrected chi connectivity index (χ3v) is 7.12. The van der Waals surface area contributed by atoms with Gasteiger partial charge in [0.05, 0.1) is 11.0 Å². The number of rotatable bonds is 7. The third kappa shape index (κ3) is 5.03. The van der Waals surface area contributed by atoms with Crippen LogP contribution in [0.5, 0.6) is 0 Å². The molecule has 0 aliphatic heterocycles. The molecule has 1 aliphatic carbocycles. The first-order valence-corrected chi connectivity index (χ1v) is 9.88. The average Bonchev–Trinajstić information content (AvgIpc) is 2.36. The zero-order valence-electron chi connectivity index (χ0n) is 13.9. The van der Waals surface area contributed by atoms with Crippen LogP contribution >= 0.6 is 0 Å². The zero-order valence-corrected chi connectivity index (χ0v) is 14.7. The van der Waals surface area contributed by atoms with Crippen LogP contribution < -0.4 is 5.32 Å². The molecule has 0 spiro atoms. The fraction of sp³-hybridized carbons (Fsp3) is 1.00. The minimum atomic E-state index is -3.01. The van der Waals surface area contributed by atoms with Gasteiger partial charge in [-0.1, -0.05) is 41.0 Å². The molecule has 20 heavy (non-hydrogen) atoms. The minimum Gasteiger partial charge on any atom is -0.313 e. The van der Waals surface area contributed by atoms with Gasteiger partial charge in [0, 0.05) is 6.04 Å². The predicted molar refractivity (Wildman–Crippen MR) is 86.7 cm³/mol. The van der Waals surface area contributed by atoms with Crippen LogP contribution in [0.3, 0.4) is 0 Å². The van der Waals surface area contributed by atoms with Gasteiger partial charge >= 0.3 is 0 Å². The molecule has 0 aromatic carbocycles. The van der Waals surface area contributed by atoms with Crippen molar-refractivity contribution in [2.75, 3.05) is 12.3 Å². The second-order valence-corrected chi connectivity index (χ2v) is 9.61. The van der Waals surface area contributed by atoms with Crippen molar-refractivity contribution in [2.24, 2.45) is 11.3 Å². The molecule has 1 saturated carbocycles. The van der Waals surface area contributed by atoms with Crippen molar-refractivity contribution in [2.45, 2.75) is 78.0 Å². The molecule has 3 unspecified atom stereocenters. The van der Waals surface area contributed by atoms with Crippen molar-refractivity contribution in [3.63, 3.8) is 0 Å². The Hall–Kier alpha value is -0.0900. The van der Waals surface area contributed by atoms with Crippen LogP contribution in [0.2, 0.25) is 0 Å². The first-order chi connectivity index (χ1) is 9.22. The zero-order chi connectivity index (χ0) is 15.4. The second kappa shape index (κ2) is 7.26. The molecule has 1 aliphatic rings. The number of hydrogen-bond donors (Lipinski definition) is 1. The predicted octanol–water partition coefficient (Wildman–Crippen LogP) is 3.39. The molecule has 0 saturated heterocycles. The molecule has 0 bridgehead atoms. The Morgan fingerprint density at radius 3 is 2.50 bits per heavy atom. The lowest BCUT2D eigenvalue weighted by atomic mass is 9.75. The van der Waals surface area contributed by atoms with E-state index in [1.165, 1.54) is 0 Å². The molecule has 120 valence electrons. The fourth-order valence-electron chi connectivity index (χ4n) is 3.10. The van der Waals surface area contributed by atoms with Crippen LogP contribution in [-0.2, 0) is 9.84 Å². The summed E-state index contributed by atoms with van der Waals surface area (Å²) in [6, 6.07) is 0.150. The summed E-state index contributed by atoms with van der Waals surface area (Å²) < 4.78 is 25.6. The summed E-state index contributed by atoms with van der Waals surface area (Å²) in [4.78, 5) is 0. The van der Waals surface area contributed by atoms with E-state index in [0.29, 0.717) is 5.75 Å². The van der Waals surface area contributed by atoms with Gasteiger partial charge in [-0.05, 0) is 43.6 Å². The average molecular weight is 304 g/mol. The van der Waals surface area contributed by atoms with Gasteiger partial charge in [0.1, 0.15) is 0 Å². The van der Waals surface area contributed by atoms with E-state index < -0.39 is 9.84 Å². The first kappa shape index (κ1) is 18.0. The van der Waals surface area contributed by atoms with E-state index >= 15 is 0 Å². The Morgan fingerprint density at radius 1 is 1.30 bits per heavy atom. The van der Waals surface area contributed by atoms with E-state index in [0.717, 1.165) is 38.6 Å². The van der Waals surface area contributed by atoms with E-state index in [1.807, 2.05) is 6.92 Å². The Kier molecular flexibility index (Phi) is 6.52. The highest BCUT2D eigenvalue weighted by Crippen LogP contribution is 2.38. The van der Waals surface area contributed by atoms with Crippen LogP contribution in [0.15, 0.2) is 0 Å². The third-order valence-electron chi connectivity index (χ3n) is 4.67. The highest BCUT2D eigenvalue weighted by Gasteiger charge is 2.41. The molecule has 0 aromatic heterocycles. The van der Waals surface area contributed by atoms with E-state index in [9.17, 15) is 8.42 Å². The van der Waals surface area contributed by atoms with Gasteiger partial charge in [-0.25, -0.2) is 8.42 Å². The van der Waals surface area contributed by atoms with Crippen molar-refractivity contribution in [3.8, 4) is 0 Å². The quantitative estimate of drug-likeness (QED) is 0.784. The molecule has 0 radical (unpaired) electrons. The summed E-state index contributed by atoms with van der Waals surface area (Å²) in [6.45, 7) is 11.6. The van der Waals surface area contributed by atoms with Gasteiger partial charge in [-0.15, -0.1) is 0 Å². The Morgan fingerprint density at radius 2 is 1.95 bits per heavy atom. The summed E-state index contributed by atoms with van der Waals surface area (Å²) in [6.07, 6.45) is 4.88. The van der Waals surface area contributed by atoms with E-state index in [2.05, 4.69) is 33.0 Å². The van der Waals surface area contributed by atoms with Crippen LogP contribution in [0.4, 0.5) is 0 Å². The molecular formula is C16H33NO2S. The summed E-state index contributed by atoms with van der Waals surface area (Å²) in [5, 5.41) is 3.28. The fourth-order valence-corrected chi connectivity index (χ4v) is 5.81. The van der Waals surface area contributed by atoms with Gasteiger partial charge in [0.2, 0.25) is 0 Å². The molecule has 3 atom stereocenters. The summed E-state index contributed by atoms with van der Waals surface area (Å²) in [5.41, 5.74) is 0.150. The lowest BCUT2D eigenvalue weighted by Crippen LogP contribution is -2.51. The van der Waals surface area contributed by atoms with Crippen molar-refractivity contribution in [1.82, 2.24) is 5.32 Å². The molecule has 4 heteroatoms. The number of sulfone groups is 1. The molecule has 1 N–H and O–H groups in total. The maximum absolute atomic E-state index is 12.8. The molecule has 1 rings (SSSR count). The number of nitrogens with one attached hydrogen (secondary N) is 1. The van der Waals surface area contributed by atoms with E-state index in [4.69, 9.17) is 0 Å². The molecular weight excluding hydrogens is 270 g/mol. The maximum Gasteiger partial charge on any atom is 0.154 e. The van der Waals surface area contributed by atoms with Crippen molar-refractivity contribution < 1.29 is 8.42 Å². The van der Waals surface area contributed by atoms with Crippen LogP contribution in [0.25, 0.3) is 0 Å². The standard InChI is InChI=1S/C16H33NO2S/c1-6-10-17-14-8-9-16(4,5)11-15(14)20(18,19)12-13(3)7-2/h13-15,17H,6-12H2,1-5H3. The van der Waals surface area contributed by atoms with Gasteiger partial charge < -0.3 is 5.32 Å². The van der Waals surface area contributed by atoms with Crippen LogP contribution in [0, 0.1) is 11.3 Å². The second-order valence-electron chi connectivity index (χ2n) is 7.35. The summed E-state index contributed by atoms with van der Waals surface area (Å²) >= 11 is 0. The van der Waals surface area contributed by atoms with Crippen molar-refractivity contribution in [3.05, 3.63) is 0 Å². The highest BCUT2D eigenvalue weighted by molar-refractivity contribution is 7.92. The first-order valence-electron chi connectivity index (χ1n) is 8.16. The lowest BCUT2D eigenvalue weighted by Gasteiger charge is -2.41. The number of hydrogen-bond acceptors (Lipinski definition) is 3. The van der Waals surface area contributed by atoms with Gasteiger partial charge in [0.25, 0.3) is 0 Å². The minimum absolute atomic E-state index is 0.150. The smallest absolute Gasteiger partial charge is 0.154 e. The molecule has 0 aromatic rings. The Labute approximate surface area is 125 Å². The molecule has 3 nitrogen and oxygen atoms in total. The maximum atomic E-state index is 12.8. The van der Waals surface area contributed by atoms with E-state index in [-0.39, 0.29) is 22.6 Å². The largest absolute Gasteiger partial charge is 0.313 e. The Balaban J connectivity index is 2.87. The van der Waals surface area contributed by atoms with Gasteiger partial charge in [-0.3, -0.25) is 0 Å². The summed E-state index contributed by atoms with van der Waals surface area (Å²) in [5.74, 6) is 0.603. The lowest BCUT2D eigenvalue weighted by molar-refractivity contribution is 0.209. The van der Waals surface area contributed by atoms with Gasteiger partial charge in [0.15, 0.2) is 9.84 Å². The SMILES string of the molecule is CCCNC1CCC(C)(C)CC1S(=O)(=O)CC(C)CC. The monoisotopic (exact) mass is 303 g/mol. The van der Waals surface area contributed by atoms with Crippen LogP contribution in [-0.4, -0.2) is 32.0 Å². The Bertz CT molecular complexity index is 389. The topological polar surface area (TPSA) is 46.2 Å². The molecule has 0 heterocycles. The summed E-state index contributed by atoms with van der Waals surface area (Å²) in [7, 11) is -3.01. The van der Waals surface area contributed by atoms with Gasteiger partial charge in [-0.2, -0.15) is 0 Å². The van der Waals surface area contributed by atoms with Crippen LogP contribution in [0.1, 0.15) is 66.7 Å².